The van der Waals surface area contributed by atoms with E-state index in [1.165, 1.54) is 6.33 Å². The van der Waals surface area contributed by atoms with E-state index in [1.807, 2.05) is 60.7 Å². The van der Waals surface area contributed by atoms with Crippen LogP contribution < -0.4 is 20.7 Å². The van der Waals surface area contributed by atoms with Crippen LogP contribution in [-0.2, 0) is 14.4 Å². The maximum atomic E-state index is 13.3. The number of anilines is 2. The van der Waals surface area contributed by atoms with Crippen LogP contribution in [0.4, 0.5) is 24.7 Å². The number of imide groups is 2. The van der Waals surface area contributed by atoms with Gasteiger partial charge < -0.3 is 25.4 Å². The van der Waals surface area contributed by atoms with Gasteiger partial charge in [-0.15, -0.1) is 0 Å². The number of likely N-dealkylation sites (tertiary alicyclic amines) is 2. The van der Waals surface area contributed by atoms with Gasteiger partial charge in [0.2, 0.25) is 11.8 Å². The Morgan fingerprint density at radius 2 is 1.38 bits per heavy atom. The van der Waals surface area contributed by atoms with Crippen molar-refractivity contribution in [2.75, 3.05) is 49.9 Å². The number of para-hydroxylation sites is 1. The molecule has 4 amide bonds. The van der Waals surface area contributed by atoms with Gasteiger partial charge in [-0.25, -0.2) is 19.4 Å². The number of nitrogen functional groups attached to an aromatic ring is 1. The van der Waals surface area contributed by atoms with Crippen molar-refractivity contribution in [1.82, 2.24) is 39.8 Å². The fourth-order valence-electron chi connectivity index (χ4n) is 9.42. The molecule has 0 aliphatic carbocycles. The molecule has 3 aromatic carbocycles. The number of nitrogens with one attached hydrogen (secondary N) is 1. The quantitative estimate of drug-likeness (QED) is 0.177. The number of fused-ring (bicyclic) bond motifs is 2. The summed E-state index contributed by atoms with van der Waals surface area (Å²) in [4.78, 5) is 77.0. The van der Waals surface area contributed by atoms with E-state index >= 15 is 0 Å². The zero-order valence-electron chi connectivity index (χ0n) is 35.0. The van der Waals surface area contributed by atoms with Crippen molar-refractivity contribution >= 4 is 52.1 Å². The van der Waals surface area contributed by atoms with Crippen LogP contribution >= 0.6 is 0 Å². The number of nitrogens with two attached hydrogens (primary N) is 1. The van der Waals surface area contributed by atoms with Crippen molar-refractivity contribution in [3.05, 3.63) is 90.3 Å². The van der Waals surface area contributed by atoms with E-state index in [4.69, 9.17) is 25.5 Å². The van der Waals surface area contributed by atoms with E-state index < -0.39 is 35.9 Å². The zero-order valence-corrected chi connectivity index (χ0v) is 35.0. The molecule has 7 heterocycles. The Morgan fingerprint density at radius 3 is 2.03 bits per heavy atom. The van der Waals surface area contributed by atoms with Crippen molar-refractivity contribution in [2.24, 2.45) is 0 Å². The second-order valence-electron chi connectivity index (χ2n) is 16.8. The molecule has 0 spiro atoms. The lowest BCUT2D eigenvalue weighted by molar-refractivity contribution is -0.192. The van der Waals surface area contributed by atoms with E-state index in [2.05, 4.69) is 34.7 Å². The van der Waals surface area contributed by atoms with Gasteiger partial charge in [-0.05, 0) is 86.7 Å². The molecule has 2 aromatic heterocycles. The number of alkyl halides is 3. The summed E-state index contributed by atoms with van der Waals surface area (Å²) in [6.07, 6.45) is 0.870. The summed E-state index contributed by atoms with van der Waals surface area (Å²) in [6, 6.07) is 23.2. The smallest absolute Gasteiger partial charge is 0.475 e. The topological polar surface area (TPSA) is 209 Å². The lowest BCUT2D eigenvalue weighted by Gasteiger charge is -2.50. The molecule has 65 heavy (non-hydrogen) atoms. The molecule has 338 valence electrons. The highest BCUT2D eigenvalue weighted by molar-refractivity contribution is 6.23. The SMILES string of the molecule is Nc1ncnc2c1c(-c1ccc(Oc3ccccc3)cc1)nn2C1CCN(C2CCN(C3CN(c4ccc5c(c4)C(=O)N(C4CCC(=O)NC4=O)C5=O)C3)CC2)CC1.O=C(O)C(F)(F)F. The van der Waals surface area contributed by atoms with E-state index in [0.717, 1.165) is 109 Å². The number of carbonyl (C=O) groups excluding carboxylic acids is 4. The molecule has 4 fully saturated rings. The summed E-state index contributed by atoms with van der Waals surface area (Å²) in [5, 5.41) is 15.3. The molecule has 0 bridgehead atoms. The number of piperidine rings is 3. The Kier molecular flexibility index (Phi) is 11.7. The predicted molar refractivity (Wildman–Crippen MR) is 229 cm³/mol. The number of hydrogen-bond acceptors (Lipinski definition) is 13. The van der Waals surface area contributed by atoms with Crippen LogP contribution in [0, 0.1) is 0 Å². The predicted octanol–water partition coefficient (Wildman–Crippen LogP) is 4.89. The number of aliphatic carboxylic acids is 1. The van der Waals surface area contributed by atoms with E-state index in [0.29, 0.717) is 29.0 Å². The number of amides is 4. The molecule has 1 unspecified atom stereocenters. The van der Waals surface area contributed by atoms with Crippen LogP contribution in [0.5, 0.6) is 11.5 Å². The van der Waals surface area contributed by atoms with Crippen molar-refractivity contribution in [3.8, 4) is 22.8 Å². The Balaban J connectivity index is 0.000000706. The minimum atomic E-state index is -5.08. The third-order valence-corrected chi connectivity index (χ3v) is 12.9. The van der Waals surface area contributed by atoms with E-state index in [1.54, 1.807) is 12.1 Å². The summed E-state index contributed by atoms with van der Waals surface area (Å²) >= 11 is 0. The van der Waals surface area contributed by atoms with Gasteiger partial charge in [0.25, 0.3) is 11.8 Å². The molecule has 1 atom stereocenters. The van der Waals surface area contributed by atoms with Crippen molar-refractivity contribution in [3.63, 3.8) is 0 Å². The summed E-state index contributed by atoms with van der Waals surface area (Å²) in [5.74, 6) is -2.75. The maximum absolute atomic E-state index is 13.3. The van der Waals surface area contributed by atoms with Gasteiger partial charge in [0, 0.05) is 69.0 Å². The number of nitrogens with zero attached hydrogens (tertiary/aromatic N) is 8. The molecule has 5 aromatic rings. The van der Waals surface area contributed by atoms with Crippen molar-refractivity contribution in [1.29, 1.82) is 0 Å². The Bertz CT molecular complexity index is 2640. The first-order valence-corrected chi connectivity index (χ1v) is 21.4. The van der Waals surface area contributed by atoms with Crippen molar-refractivity contribution < 1.29 is 47.0 Å². The lowest BCUT2D eigenvalue weighted by Crippen LogP contribution is -2.62. The summed E-state index contributed by atoms with van der Waals surface area (Å²) in [6.45, 7) is 5.78. The van der Waals surface area contributed by atoms with Gasteiger partial charge in [0.1, 0.15) is 35.4 Å². The minimum Gasteiger partial charge on any atom is -0.475 e. The van der Waals surface area contributed by atoms with Gasteiger partial charge >= 0.3 is 12.1 Å². The van der Waals surface area contributed by atoms with Crippen LogP contribution in [0.3, 0.4) is 0 Å². The van der Waals surface area contributed by atoms with E-state index in [-0.39, 0.29) is 24.8 Å². The third-order valence-electron chi connectivity index (χ3n) is 12.9. The summed E-state index contributed by atoms with van der Waals surface area (Å²) in [7, 11) is 0. The highest BCUT2D eigenvalue weighted by Crippen LogP contribution is 2.37. The number of ether oxygens (including phenoxy) is 1. The maximum Gasteiger partial charge on any atom is 0.490 e. The molecule has 10 rings (SSSR count). The average Bonchev–Trinajstić information content (AvgIpc) is 3.79. The van der Waals surface area contributed by atoms with Crippen LogP contribution in [0.15, 0.2) is 79.1 Å². The molecule has 20 heteroatoms. The fourth-order valence-corrected chi connectivity index (χ4v) is 9.42. The zero-order chi connectivity index (χ0) is 45.6. The van der Waals surface area contributed by atoms with Crippen molar-refractivity contribution in [2.45, 2.75) is 68.9 Å². The third kappa shape index (κ3) is 8.70. The van der Waals surface area contributed by atoms with Gasteiger partial charge in [0.15, 0.2) is 5.65 Å². The Labute approximate surface area is 369 Å². The normalized spacial score (nSPS) is 20.3. The van der Waals surface area contributed by atoms with Gasteiger partial charge in [-0.3, -0.25) is 34.3 Å². The van der Waals surface area contributed by atoms with E-state index in [9.17, 15) is 32.3 Å². The molecular formula is C45H45F3N10O7. The summed E-state index contributed by atoms with van der Waals surface area (Å²) < 4.78 is 39.8. The summed E-state index contributed by atoms with van der Waals surface area (Å²) in [5.41, 5.74) is 10.4. The Hall–Kier alpha value is -6.93. The molecule has 4 saturated heterocycles. The molecular weight excluding hydrogens is 850 g/mol. The molecule has 4 N–H and O–H groups in total. The van der Waals surface area contributed by atoms with Gasteiger partial charge in [-0.2, -0.15) is 18.3 Å². The average molecular weight is 895 g/mol. The number of benzene rings is 3. The first-order valence-electron chi connectivity index (χ1n) is 21.4. The first kappa shape index (κ1) is 43.3. The fraction of sp³-hybridized carbons (Fsp3) is 0.378. The highest BCUT2D eigenvalue weighted by Gasteiger charge is 2.45. The Morgan fingerprint density at radius 1 is 0.769 bits per heavy atom. The molecule has 0 radical (unpaired) electrons. The lowest BCUT2D eigenvalue weighted by atomic mass is 9.95. The number of carbonyl (C=O) groups is 5. The number of carboxylic acids is 1. The second-order valence-corrected chi connectivity index (χ2v) is 16.8. The monoisotopic (exact) mass is 894 g/mol. The second kappa shape index (κ2) is 17.6. The van der Waals surface area contributed by atoms with Crippen LogP contribution in [-0.4, -0.2) is 133 Å². The minimum absolute atomic E-state index is 0.0983. The van der Waals surface area contributed by atoms with Crippen LogP contribution in [0.2, 0.25) is 0 Å². The number of halogens is 3. The number of aromatic nitrogens is 4. The molecule has 5 aliphatic rings. The van der Waals surface area contributed by atoms with Crippen LogP contribution in [0.25, 0.3) is 22.3 Å². The molecule has 17 nitrogen and oxygen atoms in total. The highest BCUT2D eigenvalue weighted by atomic mass is 19.4. The standard InChI is InChI=1S/C43H44N10O5.C2HF3O2/c44-39-37-38(26-6-9-32(10-7-26)58-31-4-2-1-3-5-31)48-53(40(37)46-25-45-39)28-16-20-49(21-17-28)27-14-18-50(19-15-27)30-23-51(24-30)29-8-11-33-34(22-29)43(57)52(42(33)56)35-12-13-36(54)47-41(35)55;3-2(4,5)1(6)7/h1-11,22,25,27-28,30,35H,12-21,23-24H2,(H2,44,45,46)(H,47,54,55);(H,6,7). The van der Waals surface area contributed by atoms with Crippen LogP contribution in [0.1, 0.15) is 65.3 Å². The molecule has 0 saturated carbocycles. The number of carboxylic acid groups (broad SMARTS) is 1. The largest absolute Gasteiger partial charge is 0.490 e. The van der Waals surface area contributed by atoms with Gasteiger partial charge in [0.05, 0.1) is 22.6 Å². The number of rotatable bonds is 8. The number of hydrogen-bond donors (Lipinski definition) is 3. The molecule has 5 aliphatic heterocycles. The first-order chi connectivity index (χ1) is 31.2. The van der Waals surface area contributed by atoms with Gasteiger partial charge in [-0.1, -0.05) is 18.2 Å².